The molecule has 0 aliphatic carbocycles. The fourth-order valence-corrected chi connectivity index (χ4v) is 6.26. The van der Waals surface area contributed by atoms with Crippen LogP contribution in [0.25, 0.3) is 16.8 Å². The monoisotopic (exact) mass is 634 g/mol. The number of carbonyl (C=O) groups excluding carboxylic acids is 2. The number of hydrogen-bond acceptors (Lipinski definition) is 7. The van der Waals surface area contributed by atoms with E-state index >= 15 is 4.39 Å². The van der Waals surface area contributed by atoms with Gasteiger partial charge in [-0.2, -0.15) is 18.3 Å². The molecule has 0 saturated carbocycles. The van der Waals surface area contributed by atoms with E-state index in [1.807, 2.05) is 4.90 Å². The molecule has 2 aliphatic rings. The number of benzene rings is 1. The minimum absolute atomic E-state index is 0.0642. The summed E-state index contributed by atoms with van der Waals surface area (Å²) in [5.74, 6) is -1.89. The number of imidazole rings is 1. The van der Waals surface area contributed by atoms with Crippen molar-refractivity contribution in [3.8, 4) is 17.0 Å². The quantitative estimate of drug-likeness (QED) is 0.284. The average Bonchev–Trinajstić information content (AvgIpc) is 3.66. The van der Waals surface area contributed by atoms with Gasteiger partial charge in [-0.1, -0.05) is 11.6 Å². The highest BCUT2D eigenvalue weighted by atomic mass is 35.5. The summed E-state index contributed by atoms with van der Waals surface area (Å²) in [6.45, 7) is 2.26. The van der Waals surface area contributed by atoms with Crippen LogP contribution in [0, 0.1) is 5.82 Å². The Morgan fingerprint density at radius 2 is 2.00 bits per heavy atom. The zero-order valence-corrected chi connectivity index (χ0v) is 24.3. The number of rotatable bonds is 6. The smallest absolute Gasteiger partial charge is 0.433 e. The lowest BCUT2D eigenvalue weighted by Gasteiger charge is -2.34. The van der Waals surface area contributed by atoms with Crippen LogP contribution in [0.3, 0.4) is 0 Å². The number of carbonyl (C=O) groups is 2. The number of hydrogen-bond donors (Lipinski definition) is 2. The van der Waals surface area contributed by atoms with Gasteiger partial charge < -0.3 is 20.7 Å². The summed E-state index contributed by atoms with van der Waals surface area (Å²) in [6, 6.07) is 3.03. The van der Waals surface area contributed by atoms with Crippen molar-refractivity contribution in [1.82, 2.24) is 29.0 Å². The van der Waals surface area contributed by atoms with Crippen LogP contribution in [0.4, 0.5) is 29.2 Å². The molecular formula is C28H27ClF4N8O3. The number of aromatic nitrogens is 5. The molecule has 16 heteroatoms. The van der Waals surface area contributed by atoms with Crippen molar-refractivity contribution in [3.05, 3.63) is 52.4 Å². The normalized spacial score (nSPS) is 18.6. The number of nitrogens with two attached hydrogens (primary N) is 1. The molecule has 4 aromatic rings. The number of amides is 2. The SMILES string of the molecule is CCOc1cc(C(=O)Nc2cc(C(F)(F)F)n(C)n2)c(F)cc1-c1nc(C2CCC3CCC(=O)N3C2)n2c(Cl)cnc(N)c12. The molecule has 44 heavy (non-hydrogen) atoms. The Kier molecular flexibility index (Phi) is 7.38. The van der Waals surface area contributed by atoms with Gasteiger partial charge in [-0.3, -0.25) is 18.7 Å². The van der Waals surface area contributed by atoms with E-state index in [2.05, 4.69) is 15.4 Å². The fourth-order valence-electron chi connectivity index (χ4n) is 6.04. The van der Waals surface area contributed by atoms with Crippen LogP contribution in [0.5, 0.6) is 5.75 Å². The summed E-state index contributed by atoms with van der Waals surface area (Å²) in [6.07, 6.45) is -0.469. The van der Waals surface area contributed by atoms with Crippen molar-refractivity contribution < 1.29 is 31.9 Å². The highest BCUT2D eigenvalue weighted by Gasteiger charge is 2.39. The zero-order valence-electron chi connectivity index (χ0n) is 23.6. The number of halogens is 5. The molecule has 1 aromatic carbocycles. The molecule has 2 unspecified atom stereocenters. The second kappa shape index (κ2) is 10.9. The molecule has 0 spiro atoms. The number of nitrogen functional groups attached to an aromatic ring is 1. The molecule has 11 nitrogen and oxygen atoms in total. The molecule has 2 saturated heterocycles. The van der Waals surface area contributed by atoms with Gasteiger partial charge in [0.1, 0.15) is 45.3 Å². The Hall–Kier alpha value is -4.40. The number of fused-ring (bicyclic) bond motifs is 2. The zero-order chi connectivity index (χ0) is 31.5. The van der Waals surface area contributed by atoms with Crippen molar-refractivity contribution >= 4 is 40.6 Å². The lowest BCUT2D eigenvalue weighted by Crippen LogP contribution is -2.41. The van der Waals surface area contributed by atoms with Gasteiger partial charge in [-0.15, -0.1) is 0 Å². The van der Waals surface area contributed by atoms with E-state index in [0.717, 1.165) is 38.4 Å². The maximum Gasteiger partial charge on any atom is 0.433 e. The summed E-state index contributed by atoms with van der Waals surface area (Å²) >= 11 is 6.60. The Bertz CT molecular complexity index is 1800. The molecule has 2 aliphatic heterocycles. The predicted molar refractivity (Wildman–Crippen MR) is 152 cm³/mol. The molecular weight excluding hydrogens is 608 g/mol. The third-order valence-electron chi connectivity index (χ3n) is 8.03. The predicted octanol–water partition coefficient (Wildman–Crippen LogP) is 5.04. The molecule has 0 radical (unpaired) electrons. The number of nitrogens with zero attached hydrogens (tertiary/aromatic N) is 6. The highest BCUT2D eigenvalue weighted by molar-refractivity contribution is 6.30. The maximum atomic E-state index is 15.6. The first-order valence-corrected chi connectivity index (χ1v) is 14.3. The lowest BCUT2D eigenvalue weighted by molar-refractivity contribution is -0.143. The molecule has 3 aromatic heterocycles. The maximum absolute atomic E-state index is 15.6. The fraction of sp³-hybridized carbons (Fsp3) is 0.393. The van der Waals surface area contributed by atoms with E-state index in [9.17, 15) is 22.8 Å². The van der Waals surface area contributed by atoms with Crippen molar-refractivity contribution in [2.24, 2.45) is 7.05 Å². The molecule has 5 heterocycles. The van der Waals surface area contributed by atoms with Gasteiger partial charge in [0, 0.05) is 43.6 Å². The summed E-state index contributed by atoms with van der Waals surface area (Å²) in [4.78, 5) is 36.4. The molecule has 2 fully saturated rings. The number of nitrogens with one attached hydrogen (secondary N) is 1. The molecule has 6 rings (SSSR count). The largest absolute Gasteiger partial charge is 0.493 e. The van der Waals surface area contributed by atoms with Gasteiger partial charge in [-0.05, 0) is 38.3 Å². The Labute approximate surface area is 252 Å². The Balaban J connectivity index is 1.42. The first-order valence-electron chi connectivity index (χ1n) is 13.9. The van der Waals surface area contributed by atoms with Crippen LogP contribution in [0.1, 0.15) is 60.4 Å². The Morgan fingerprint density at radius 1 is 1.23 bits per heavy atom. The molecule has 3 N–H and O–H groups in total. The van der Waals surface area contributed by atoms with Gasteiger partial charge in [0.25, 0.3) is 5.91 Å². The van der Waals surface area contributed by atoms with Crippen molar-refractivity contribution in [3.63, 3.8) is 0 Å². The molecule has 2 amide bonds. The van der Waals surface area contributed by atoms with Gasteiger partial charge in [0.05, 0.1) is 18.4 Å². The third kappa shape index (κ3) is 5.08. The topological polar surface area (TPSA) is 133 Å². The van der Waals surface area contributed by atoms with E-state index < -0.39 is 35.0 Å². The van der Waals surface area contributed by atoms with Crippen molar-refractivity contribution in [2.75, 3.05) is 24.2 Å². The van der Waals surface area contributed by atoms with Gasteiger partial charge >= 0.3 is 6.18 Å². The molecule has 0 bridgehead atoms. The second-order valence-electron chi connectivity index (χ2n) is 10.7. The van der Waals surface area contributed by atoms with E-state index in [0.29, 0.717) is 35.1 Å². The van der Waals surface area contributed by atoms with Crippen LogP contribution >= 0.6 is 11.6 Å². The number of anilines is 2. The average molecular weight is 635 g/mol. The molecule has 232 valence electrons. The summed E-state index contributed by atoms with van der Waals surface area (Å²) in [5, 5.41) is 6.08. The number of piperidine rings is 1. The highest BCUT2D eigenvalue weighted by Crippen LogP contribution is 2.42. The number of alkyl halides is 3. The van der Waals surface area contributed by atoms with Crippen LogP contribution < -0.4 is 15.8 Å². The Morgan fingerprint density at radius 3 is 2.70 bits per heavy atom. The van der Waals surface area contributed by atoms with E-state index in [-0.39, 0.29) is 52.5 Å². The second-order valence-corrected chi connectivity index (χ2v) is 11.1. The molecule has 2 atom stereocenters. The van der Waals surface area contributed by atoms with Crippen molar-refractivity contribution in [2.45, 2.75) is 50.7 Å². The standard InChI is InChI=1S/C28H27ClF4N8O3/c1-3-44-18-9-15(27(43)36-21-10-19(28(31,32)33)39(2)38-21)17(30)8-16(18)23-24-25(34)35-11-20(29)41(24)26(37-23)13-4-5-14-6-7-22(42)40(14)12-13/h8-11,13-14H,3-7,12H2,1-2H3,(H2,34,35)(H,36,38,43). The summed E-state index contributed by atoms with van der Waals surface area (Å²) in [7, 11) is 1.08. The van der Waals surface area contributed by atoms with Crippen molar-refractivity contribution in [1.29, 1.82) is 0 Å². The van der Waals surface area contributed by atoms with Gasteiger partial charge in [0.15, 0.2) is 5.82 Å². The first-order chi connectivity index (χ1) is 20.9. The van der Waals surface area contributed by atoms with E-state index in [1.165, 1.54) is 6.20 Å². The number of ether oxygens (including phenoxy) is 1. The first kappa shape index (κ1) is 29.7. The van der Waals surface area contributed by atoms with Crippen LogP contribution in [0.15, 0.2) is 24.4 Å². The van der Waals surface area contributed by atoms with Crippen LogP contribution in [0.2, 0.25) is 5.15 Å². The summed E-state index contributed by atoms with van der Waals surface area (Å²) in [5.41, 5.74) is 5.38. The van der Waals surface area contributed by atoms with Gasteiger partial charge in [-0.25, -0.2) is 14.4 Å². The van der Waals surface area contributed by atoms with Crippen LogP contribution in [-0.2, 0) is 18.0 Å². The van der Waals surface area contributed by atoms with E-state index in [1.54, 1.807) is 11.3 Å². The third-order valence-corrected chi connectivity index (χ3v) is 8.30. The minimum atomic E-state index is -4.70. The van der Waals surface area contributed by atoms with E-state index in [4.69, 9.17) is 27.1 Å². The minimum Gasteiger partial charge on any atom is -0.493 e. The lowest BCUT2D eigenvalue weighted by atomic mass is 9.92. The van der Waals surface area contributed by atoms with Gasteiger partial charge in [0.2, 0.25) is 5.91 Å². The van der Waals surface area contributed by atoms with Crippen LogP contribution in [-0.4, -0.2) is 60.1 Å². The number of aryl methyl sites for hydroxylation is 1. The summed E-state index contributed by atoms with van der Waals surface area (Å²) < 4.78 is 63.2.